The highest BCUT2D eigenvalue weighted by molar-refractivity contribution is 7.11. The highest BCUT2D eigenvalue weighted by Gasteiger charge is 1.98. The van der Waals surface area contributed by atoms with Crippen LogP contribution >= 0.6 is 11.3 Å². The molecule has 1 radical (unpaired) electrons. The van der Waals surface area contributed by atoms with Crippen LogP contribution in [0.4, 0.5) is 0 Å². The van der Waals surface area contributed by atoms with Gasteiger partial charge < -0.3 is 4.74 Å². The lowest BCUT2D eigenvalue weighted by molar-refractivity contribution is 0.496. The van der Waals surface area contributed by atoms with E-state index in [9.17, 15) is 0 Å². The Morgan fingerprint density at radius 1 is 1.36 bits per heavy atom. The SMILES string of the molecule is N#Cc1cccc(Oc2cc[c]s2)c1. The summed E-state index contributed by atoms with van der Waals surface area (Å²) in [4.78, 5) is 0. The van der Waals surface area contributed by atoms with Crippen LogP contribution in [0.15, 0.2) is 36.4 Å². The smallest absolute Gasteiger partial charge is 0.181 e. The van der Waals surface area contributed by atoms with Crippen LogP contribution in [-0.4, -0.2) is 0 Å². The van der Waals surface area contributed by atoms with E-state index in [4.69, 9.17) is 10.00 Å². The Hall–Kier alpha value is -1.79. The van der Waals surface area contributed by atoms with E-state index in [1.54, 1.807) is 24.3 Å². The van der Waals surface area contributed by atoms with Gasteiger partial charge in [-0.2, -0.15) is 5.26 Å². The first kappa shape index (κ1) is 8.79. The molecule has 67 valence electrons. The van der Waals surface area contributed by atoms with Crippen LogP contribution in [0.5, 0.6) is 10.8 Å². The van der Waals surface area contributed by atoms with Crippen molar-refractivity contribution in [1.82, 2.24) is 0 Å². The van der Waals surface area contributed by atoms with Crippen LogP contribution in [0.3, 0.4) is 0 Å². The summed E-state index contributed by atoms with van der Waals surface area (Å²) in [5.74, 6) is 0.680. The molecule has 0 amide bonds. The fraction of sp³-hybridized carbons (Fsp3) is 0. The van der Waals surface area contributed by atoms with E-state index in [0.717, 1.165) is 5.06 Å². The molecule has 0 atom stereocenters. The Bertz CT molecular complexity index is 456. The van der Waals surface area contributed by atoms with Crippen molar-refractivity contribution < 1.29 is 4.74 Å². The third-order valence-corrected chi connectivity index (χ3v) is 2.30. The van der Waals surface area contributed by atoms with Crippen LogP contribution in [-0.2, 0) is 0 Å². The second kappa shape index (κ2) is 3.95. The molecule has 0 saturated heterocycles. The van der Waals surface area contributed by atoms with Gasteiger partial charge in [-0.3, -0.25) is 0 Å². The third kappa shape index (κ3) is 1.93. The van der Waals surface area contributed by atoms with Gasteiger partial charge in [0.25, 0.3) is 0 Å². The first-order chi connectivity index (χ1) is 6.88. The molecule has 14 heavy (non-hydrogen) atoms. The lowest BCUT2D eigenvalue weighted by Crippen LogP contribution is -1.81. The molecular formula is C11H6NOS. The summed E-state index contributed by atoms with van der Waals surface area (Å²) in [6.45, 7) is 0. The van der Waals surface area contributed by atoms with Gasteiger partial charge in [0.15, 0.2) is 5.06 Å². The van der Waals surface area contributed by atoms with E-state index in [-0.39, 0.29) is 0 Å². The van der Waals surface area contributed by atoms with Gasteiger partial charge in [-0.05, 0) is 30.3 Å². The van der Waals surface area contributed by atoms with Gasteiger partial charge in [0.2, 0.25) is 0 Å². The maximum absolute atomic E-state index is 8.68. The molecule has 2 aromatic rings. The van der Waals surface area contributed by atoms with Gasteiger partial charge in [0.05, 0.1) is 11.6 Å². The molecular weight excluding hydrogens is 194 g/mol. The Kier molecular flexibility index (Phi) is 2.48. The van der Waals surface area contributed by atoms with Crippen molar-refractivity contribution in [2.75, 3.05) is 0 Å². The van der Waals surface area contributed by atoms with Gasteiger partial charge >= 0.3 is 0 Å². The van der Waals surface area contributed by atoms with Crippen molar-refractivity contribution in [1.29, 1.82) is 5.26 Å². The Balaban J connectivity index is 2.22. The average Bonchev–Trinajstić information content (AvgIpc) is 2.71. The maximum Gasteiger partial charge on any atom is 0.181 e. The van der Waals surface area contributed by atoms with E-state index >= 15 is 0 Å². The second-order valence-corrected chi connectivity index (χ2v) is 3.46. The molecule has 0 bridgehead atoms. The molecule has 3 heteroatoms. The fourth-order valence-corrected chi connectivity index (χ4v) is 1.55. The topological polar surface area (TPSA) is 33.0 Å². The van der Waals surface area contributed by atoms with E-state index < -0.39 is 0 Å². The number of ether oxygens (including phenoxy) is 1. The standard InChI is InChI=1S/C11H6NOS/c12-8-9-3-1-4-10(7-9)13-11-5-2-6-14-11/h1-5,7H. The van der Waals surface area contributed by atoms with Crippen LogP contribution in [0, 0.1) is 16.7 Å². The first-order valence-corrected chi connectivity index (χ1v) is 4.84. The molecule has 1 heterocycles. The molecule has 0 aliphatic carbocycles. The molecule has 1 aromatic heterocycles. The summed E-state index contributed by atoms with van der Waals surface area (Å²) >= 11 is 1.40. The summed E-state index contributed by atoms with van der Waals surface area (Å²) in [7, 11) is 0. The molecule has 0 N–H and O–H groups in total. The van der Waals surface area contributed by atoms with Crippen LogP contribution < -0.4 is 4.74 Å². The first-order valence-electron chi connectivity index (χ1n) is 4.02. The Morgan fingerprint density at radius 2 is 2.29 bits per heavy atom. The zero-order chi connectivity index (χ0) is 9.80. The molecule has 0 aliphatic heterocycles. The number of hydrogen-bond acceptors (Lipinski definition) is 3. The second-order valence-electron chi connectivity index (χ2n) is 2.61. The van der Waals surface area contributed by atoms with Gasteiger partial charge in [-0.15, -0.1) is 0 Å². The lowest BCUT2D eigenvalue weighted by Gasteiger charge is -2.01. The zero-order valence-electron chi connectivity index (χ0n) is 7.23. The Labute approximate surface area is 86.0 Å². The predicted octanol–water partition coefficient (Wildman–Crippen LogP) is 3.21. The van der Waals surface area contributed by atoms with E-state index in [0.29, 0.717) is 11.3 Å². The molecule has 0 spiro atoms. The number of nitriles is 1. The predicted molar refractivity (Wildman–Crippen MR) is 54.4 cm³/mol. The molecule has 0 fully saturated rings. The largest absolute Gasteiger partial charge is 0.447 e. The number of thiophene rings is 1. The summed E-state index contributed by atoms with van der Waals surface area (Å²) in [5, 5.41) is 12.4. The monoisotopic (exact) mass is 200 g/mol. The highest BCUT2D eigenvalue weighted by Crippen LogP contribution is 2.25. The number of benzene rings is 1. The van der Waals surface area contributed by atoms with Crippen molar-refractivity contribution >= 4 is 11.3 Å². The minimum atomic E-state index is 0.600. The minimum absolute atomic E-state index is 0.600. The van der Waals surface area contributed by atoms with Crippen LogP contribution in [0.25, 0.3) is 0 Å². The van der Waals surface area contributed by atoms with Gasteiger partial charge in [0, 0.05) is 5.38 Å². The van der Waals surface area contributed by atoms with Crippen LogP contribution in [0.1, 0.15) is 5.56 Å². The molecule has 1 aromatic carbocycles. The highest BCUT2D eigenvalue weighted by atomic mass is 32.1. The van der Waals surface area contributed by atoms with Crippen molar-refractivity contribution in [3.63, 3.8) is 0 Å². The summed E-state index contributed by atoms with van der Waals surface area (Å²) in [5.41, 5.74) is 0.600. The lowest BCUT2D eigenvalue weighted by atomic mass is 10.2. The normalized spacial score (nSPS) is 9.36. The van der Waals surface area contributed by atoms with Crippen molar-refractivity contribution in [2.45, 2.75) is 0 Å². The molecule has 0 aliphatic rings. The molecule has 2 rings (SSSR count). The molecule has 0 unspecified atom stereocenters. The minimum Gasteiger partial charge on any atom is -0.447 e. The maximum atomic E-state index is 8.68. The number of rotatable bonds is 2. The van der Waals surface area contributed by atoms with E-state index in [1.165, 1.54) is 11.3 Å². The van der Waals surface area contributed by atoms with E-state index in [2.05, 4.69) is 11.4 Å². The zero-order valence-corrected chi connectivity index (χ0v) is 8.04. The third-order valence-electron chi connectivity index (χ3n) is 1.63. The van der Waals surface area contributed by atoms with Crippen molar-refractivity contribution in [2.24, 2.45) is 0 Å². The average molecular weight is 200 g/mol. The summed E-state index contributed by atoms with van der Waals surface area (Å²) in [6, 6.07) is 12.8. The van der Waals surface area contributed by atoms with Gasteiger partial charge in [-0.25, -0.2) is 0 Å². The van der Waals surface area contributed by atoms with Crippen molar-refractivity contribution in [3.05, 3.63) is 47.3 Å². The Morgan fingerprint density at radius 3 is 3.00 bits per heavy atom. The quantitative estimate of drug-likeness (QED) is 0.745. The van der Waals surface area contributed by atoms with Crippen LogP contribution in [0.2, 0.25) is 0 Å². The summed E-state index contributed by atoms with van der Waals surface area (Å²) < 4.78 is 5.50. The fourth-order valence-electron chi connectivity index (χ4n) is 1.03. The van der Waals surface area contributed by atoms with Gasteiger partial charge in [0.1, 0.15) is 5.75 Å². The van der Waals surface area contributed by atoms with Gasteiger partial charge in [-0.1, -0.05) is 17.4 Å². The number of hydrogen-bond donors (Lipinski definition) is 0. The van der Waals surface area contributed by atoms with Crippen molar-refractivity contribution in [3.8, 4) is 16.9 Å². The number of nitrogens with zero attached hydrogens (tertiary/aromatic N) is 1. The summed E-state index contributed by atoms with van der Waals surface area (Å²) in [6.07, 6.45) is 0. The molecule has 0 saturated carbocycles. The molecule has 2 nitrogen and oxygen atoms in total. The van der Waals surface area contributed by atoms with E-state index in [1.807, 2.05) is 12.1 Å².